The van der Waals surface area contributed by atoms with Crippen molar-refractivity contribution in [3.63, 3.8) is 0 Å². The molecule has 1 atom stereocenters. The van der Waals surface area contributed by atoms with Gasteiger partial charge in [0.25, 0.3) is 0 Å². The summed E-state index contributed by atoms with van der Waals surface area (Å²) in [4.78, 5) is 0. The predicted octanol–water partition coefficient (Wildman–Crippen LogP) is 2.87. The second-order valence-corrected chi connectivity index (χ2v) is 5.07. The number of hydrogen-bond acceptors (Lipinski definition) is 2. The minimum absolute atomic E-state index is 0.586. The van der Waals surface area contributed by atoms with Crippen molar-refractivity contribution in [3.05, 3.63) is 0 Å². The van der Waals surface area contributed by atoms with Crippen LogP contribution in [0.2, 0.25) is 0 Å². The second kappa shape index (κ2) is 6.49. The molecule has 0 spiro atoms. The molecule has 1 saturated carbocycles. The number of ether oxygens (including phenoxy) is 1. The standard InChI is InChI=1S/C13H25NO/c1-2-7-13(8-3-1)15-11-9-12-6-4-5-10-14-12/h12-14H,1-11H2. The molecule has 0 aromatic heterocycles. The number of piperidine rings is 1. The van der Waals surface area contributed by atoms with E-state index in [4.69, 9.17) is 4.74 Å². The fourth-order valence-electron chi connectivity index (χ4n) is 2.78. The van der Waals surface area contributed by atoms with Crippen LogP contribution in [-0.2, 0) is 4.74 Å². The summed E-state index contributed by atoms with van der Waals surface area (Å²) in [6.07, 6.45) is 12.7. The lowest BCUT2D eigenvalue weighted by Crippen LogP contribution is -2.35. The first-order chi connectivity index (χ1) is 7.45. The van der Waals surface area contributed by atoms with Crippen molar-refractivity contribution in [2.75, 3.05) is 13.2 Å². The van der Waals surface area contributed by atoms with Gasteiger partial charge in [0.1, 0.15) is 0 Å². The molecule has 0 amide bonds. The van der Waals surface area contributed by atoms with Crippen LogP contribution in [-0.4, -0.2) is 25.3 Å². The van der Waals surface area contributed by atoms with Crippen LogP contribution >= 0.6 is 0 Å². The molecule has 2 nitrogen and oxygen atoms in total. The van der Waals surface area contributed by atoms with Crippen LogP contribution in [0.3, 0.4) is 0 Å². The maximum Gasteiger partial charge on any atom is 0.0575 e. The molecule has 2 fully saturated rings. The van der Waals surface area contributed by atoms with E-state index in [1.54, 1.807) is 0 Å². The zero-order valence-electron chi connectivity index (χ0n) is 9.84. The maximum absolute atomic E-state index is 5.95. The van der Waals surface area contributed by atoms with Gasteiger partial charge in [-0.1, -0.05) is 25.7 Å². The summed E-state index contributed by atoms with van der Waals surface area (Å²) in [5.41, 5.74) is 0. The van der Waals surface area contributed by atoms with Gasteiger partial charge in [-0.25, -0.2) is 0 Å². The lowest BCUT2D eigenvalue weighted by Gasteiger charge is -2.26. The van der Waals surface area contributed by atoms with Crippen LogP contribution < -0.4 is 5.32 Å². The van der Waals surface area contributed by atoms with Crippen LogP contribution in [0.1, 0.15) is 57.8 Å². The molecule has 88 valence electrons. The lowest BCUT2D eigenvalue weighted by atomic mass is 9.97. The van der Waals surface area contributed by atoms with Crippen LogP contribution in [0.4, 0.5) is 0 Å². The van der Waals surface area contributed by atoms with Crippen molar-refractivity contribution in [2.45, 2.75) is 69.9 Å². The van der Waals surface area contributed by atoms with E-state index in [1.807, 2.05) is 0 Å². The average Bonchev–Trinajstić information content (AvgIpc) is 2.32. The lowest BCUT2D eigenvalue weighted by molar-refractivity contribution is 0.0225. The Balaban J connectivity index is 1.53. The van der Waals surface area contributed by atoms with Gasteiger partial charge in [-0.2, -0.15) is 0 Å². The molecule has 2 heteroatoms. The Bertz CT molecular complexity index is 142. The largest absolute Gasteiger partial charge is 0.378 e. The molecule has 1 saturated heterocycles. The fourth-order valence-corrected chi connectivity index (χ4v) is 2.78. The van der Waals surface area contributed by atoms with Crippen LogP contribution in [0.25, 0.3) is 0 Å². The zero-order valence-corrected chi connectivity index (χ0v) is 9.84. The Hall–Kier alpha value is -0.0800. The van der Waals surface area contributed by atoms with E-state index in [1.165, 1.54) is 64.3 Å². The highest BCUT2D eigenvalue weighted by Crippen LogP contribution is 2.20. The SMILES string of the molecule is C1CCC(OCCC2CCCCN2)CC1. The van der Waals surface area contributed by atoms with Crippen molar-refractivity contribution in [1.29, 1.82) is 0 Å². The molecule has 0 aromatic rings. The van der Waals surface area contributed by atoms with Gasteiger partial charge in [-0.15, -0.1) is 0 Å². The first kappa shape index (κ1) is 11.4. The van der Waals surface area contributed by atoms with Crippen LogP contribution in [0.5, 0.6) is 0 Å². The molecule has 0 aromatic carbocycles. The molecule has 0 radical (unpaired) electrons. The number of hydrogen-bond donors (Lipinski definition) is 1. The molecular weight excluding hydrogens is 186 g/mol. The normalized spacial score (nSPS) is 29.2. The van der Waals surface area contributed by atoms with Gasteiger partial charge in [-0.3, -0.25) is 0 Å². The van der Waals surface area contributed by atoms with E-state index >= 15 is 0 Å². The number of rotatable bonds is 4. The Morgan fingerprint density at radius 3 is 2.47 bits per heavy atom. The number of nitrogens with one attached hydrogen (secondary N) is 1. The van der Waals surface area contributed by atoms with Gasteiger partial charge >= 0.3 is 0 Å². The summed E-state index contributed by atoms with van der Waals surface area (Å²) in [5, 5.41) is 3.58. The first-order valence-corrected chi connectivity index (χ1v) is 6.80. The van der Waals surface area contributed by atoms with Gasteiger partial charge in [0.05, 0.1) is 6.10 Å². The minimum atomic E-state index is 0.586. The van der Waals surface area contributed by atoms with E-state index in [9.17, 15) is 0 Å². The van der Waals surface area contributed by atoms with E-state index in [0.717, 1.165) is 12.6 Å². The van der Waals surface area contributed by atoms with Crippen molar-refractivity contribution in [2.24, 2.45) is 0 Å². The average molecular weight is 211 g/mol. The van der Waals surface area contributed by atoms with E-state index < -0.39 is 0 Å². The molecule has 2 aliphatic rings. The monoisotopic (exact) mass is 211 g/mol. The highest BCUT2D eigenvalue weighted by atomic mass is 16.5. The Morgan fingerprint density at radius 2 is 1.73 bits per heavy atom. The summed E-state index contributed by atoms with van der Waals surface area (Å²) in [6, 6.07) is 0.738. The molecule has 1 aliphatic heterocycles. The Kier molecular flexibility index (Phi) is 4.94. The molecular formula is C13H25NO. The first-order valence-electron chi connectivity index (χ1n) is 6.80. The highest BCUT2D eigenvalue weighted by Gasteiger charge is 2.15. The van der Waals surface area contributed by atoms with Gasteiger partial charge in [0.15, 0.2) is 0 Å². The van der Waals surface area contributed by atoms with E-state index in [0.29, 0.717) is 6.10 Å². The highest BCUT2D eigenvalue weighted by molar-refractivity contribution is 4.72. The van der Waals surface area contributed by atoms with E-state index in [-0.39, 0.29) is 0 Å². The van der Waals surface area contributed by atoms with Gasteiger partial charge in [0, 0.05) is 12.6 Å². The second-order valence-electron chi connectivity index (χ2n) is 5.07. The third-order valence-electron chi connectivity index (χ3n) is 3.78. The molecule has 0 bridgehead atoms. The van der Waals surface area contributed by atoms with Crippen molar-refractivity contribution in [3.8, 4) is 0 Å². The maximum atomic E-state index is 5.95. The molecule has 15 heavy (non-hydrogen) atoms. The quantitative estimate of drug-likeness (QED) is 0.772. The summed E-state index contributed by atoms with van der Waals surface area (Å²) in [6.45, 7) is 2.19. The molecule has 1 aliphatic carbocycles. The van der Waals surface area contributed by atoms with Gasteiger partial charge < -0.3 is 10.1 Å². The van der Waals surface area contributed by atoms with Crippen LogP contribution in [0, 0.1) is 0 Å². The molecule has 1 heterocycles. The minimum Gasteiger partial charge on any atom is -0.378 e. The third-order valence-corrected chi connectivity index (χ3v) is 3.78. The fraction of sp³-hybridized carbons (Fsp3) is 1.00. The predicted molar refractivity (Wildman–Crippen MR) is 63.1 cm³/mol. The Labute approximate surface area is 93.8 Å². The third kappa shape index (κ3) is 4.12. The van der Waals surface area contributed by atoms with Gasteiger partial charge in [-0.05, 0) is 38.6 Å². The van der Waals surface area contributed by atoms with Crippen molar-refractivity contribution >= 4 is 0 Å². The van der Waals surface area contributed by atoms with Crippen LogP contribution in [0.15, 0.2) is 0 Å². The van der Waals surface area contributed by atoms with Gasteiger partial charge in [0.2, 0.25) is 0 Å². The summed E-state index contributed by atoms with van der Waals surface area (Å²) in [7, 11) is 0. The van der Waals surface area contributed by atoms with Crippen molar-refractivity contribution < 1.29 is 4.74 Å². The molecule has 1 unspecified atom stereocenters. The molecule has 1 N–H and O–H groups in total. The summed E-state index contributed by atoms with van der Waals surface area (Å²) in [5.74, 6) is 0. The van der Waals surface area contributed by atoms with E-state index in [2.05, 4.69) is 5.32 Å². The smallest absolute Gasteiger partial charge is 0.0575 e. The Morgan fingerprint density at radius 1 is 0.933 bits per heavy atom. The summed E-state index contributed by atoms with van der Waals surface area (Å²) < 4.78 is 5.95. The molecule has 2 rings (SSSR count). The van der Waals surface area contributed by atoms with Crippen molar-refractivity contribution in [1.82, 2.24) is 5.32 Å². The topological polar surface area (TPSA) is 21.3 Å². The summed E-state index contributed by atoms with van der Waals surface area (Å²) >= 11 is 0. The zero-order chi connectivity index (χ0) is 10.3.